The Bertz CT molecular complexity index is 567. The fourth-order valence-electron chi connectivity index (χ4n) is 2.79. The Labute approximate surface area is 127 Å². The minimum Gasteiger partial charge on any atom is -0.489 e. The van der Waals surface area contributed by atoms with E-state index < -0.39 is 0 Å². The van der Waals surface area contributed by atoms with Gasteiger partial charge in [0, 0.05) is 0 Å². The first-order chi connectivity index (χ1) is 10.4. The molecule has 0 aliphatic heterocycles. The lowest BCUT2D eigenvalue weighted by Crippen LogP contribution is -2.16. The summed E-state index contributed by atoms with van der Waals surface area (Å²) in [5.41, 5.74) is 2.63. The van der Waals surface area contributed by atoms with Gasteiger partial charge in [-0.3, -0.25) is 0 Å². The van der Waals surface area contributed by atoms with E-state index in [1.807, 2.05) is 24.3 Å². The molecular weight excluding hydrogens is 258 g/mol. The van der Waals surface area contributed by atoms with E-state index in [0.717, 1.165) is 24.8 Å². The van der Waals surface area contributed by atoms with Gasteiger partial charge in [-0.15, -0.1) is 0 Å². The Kier molecular flexibility index (Phi) is 4.56. The smallest absolute Gasteiger partial charge is 0.120 e. The minimum atomic E-state index is 0.635. The van der Waals surface area contributed by atoms with Crippen molar-refractivity contribution in [3.05, 3.63) is 65.7 Å². The summed E-state index contributed by atoms with van der Waals surface area (Å²) in [4.78, 5) is 0. The standard InChI is InChI=1S/C19H23NO/c1-2-20-13-17-12-19(17)16-9-6-10-18(11-16)21-14-15-7-4-3-5-8-15/h3-11,17,19-20H,2,12-14H2,1H3. The topological polar surface area (TPSA) is 21.3 Å². The lowest BCUT2D eigenvalue weighted by molar-refractivity contribution is 0.306. The molecule has 0 saturated heterocycles. The van der Waals surface area contributed by atoms with Gasteiger partial charge in [0.1, 0.15) is 12.4 Å². The Morgan fingerprint density at radius 1 is 1.10 bits per heavy atom. The third-order valence-electron chi connectivity index (χ3n) is 4.11. The highest BCUT2D eigenvalue weighted by molar-refractivity contribution is 5.34. The van der Waals surface area contributed by atoms with E-state index in [1.54, 1.807) is 0 Å². The maximum atomic E-state index is 5.91. The fourth-order valence-corrected chi connectivity index (χ4v) is 2.79. The number of benzene rings is 2. The third kappa shape index (κ3) is 3.85. The quantitative estimate of drug-likeness (QED) is 0.829. The molecule has 2 atom stereocenters. The van der Waals surface area contributed by atoms with E-state index in [1.165, 1.54) is 17.5 Å². The summed E-state index contributed by atoms with van der Waals surface area (Å²) in [7, 11) is 0. The highest BCUT2D eigenvalue weighted by atomic mass is 16.5. The van der Waals surface area contributed by atoms with Crippen molar-refractivity contribution in [2.24, 2.45) is 5.92 Å². The first kappa shape index (κ1) is 14.2. The van der Waals surface area contributed by atoms with Crippen LogP contribution in [0.25, 0.3) is 0 Å². The molecule has 2 unspecified atom stereocenters. The Balaban J connectivity index is 1.57. The van der Waals surface area contributed by atoms with Crippen LogP contribution in [0, 0.1) is 5.92 Å². The molecule has 0 bridgehead atoms. The molecule has 1 fully saturated rings. The summed E-state index contributed by atoms with van der Waals surface area (Å²) in [5.74, 6) is 2.49. The van der Waals surface area contributed by atoms with Crippen molar-refractivity contribution in [1.82, 2.24) is 5.32 Å². The van der Waals surface area contributed by atoms with Gasteiger partial charge in [-0.1, -0.05) is 49.4 Å². The van der Waals surface area contributed by atoms with Crippen LogP contribution < -0.4 is 10.1 Å². The largest absolute Gasteiger partial charge is 0.489 e. The van der Waals surface area contributed by atoms with Gasteiger partial charge in [-0.25, -0.2) is 0 Å². The van der Waals surface area contributed by atoms with Crippen LogP contribution in [-0.2, 0) is 6.61 Å². The summed E-state index contributed by atoms with van der Waals surface area (Å²) in [6.07, 6.45) is 1.30. The molecule has 110 valence electrons. The Hall–Kier alpha value is -1.80. The van der Waals surface area contributed by atoms with Crippen LogP contribution in [0.15, 0.2) is 54.6 Å². The molecule has 1 aliphatic rings. The van der Waals surface area contributed by atoms with Gasteiger partial charge in [0.05, 0.1) is 0 Å². The van der Waals surface area contributed by atoms with E-state index in [4.69, 9.17) is 4.74 Å². The molecule has 1 N–H and O–H groups in total. The van der Waals surface area contributed by atoms with Gasteiger partial charge < -0.3 is 10.1 Å². The van der Waals surface area contributed by atoms with E-state index in [9.17, 15) is 0 Å². The number of rotatable bonds is 7. The van der Waals surface area contributed by atoms with Crippen LogP contribution in [0.2, 0.25) is 0 Å². The molecule has 0 spiro atoms. The number of hydrogen-bond acceptors (Lipinski definition) is 2. The zero-order chi connectivity index (χ0) is 14.5. The molecule has 1 aliphatic carbocycles. The summed E-state index contributed by atoms with van der Waals surface area (Å²) in [6, 6.07) is 18.9. The molecular formula is C19H23NO. The van der Waals surface area contributed by atoms with Crippen molar-refractivity contribution in [3.63, 3.8) is 0 Å². The molecule has 21 heavy (non-hydrogen) atoms. The predicted octanol–water partition coefficient (Wildman–Crippen LogP) is 3.98. The Morgan fingerprint density at radius 3 is 2.76 bits per heavy atom. The summed E-state index contributed by atoms with van der Waals surface area (Å²) < 4.78 is 5.91. The van der Waals surface area contributed by atoms with E-state index >= 15 is 0 Å². The normalized spacial score (nSPS) is 20.2. The molecule has 2 aromatic rings. The lowest BCUT2D eigenvalue weighted by Gasteiger charge is -2.08. The second kappa shape index (κ2) is 6.77. The highest BCUT2D eigenvalue weighted by Crippen LogP contribution is 2.47. The molecule has 2 nitrogen and oxygen atoms in total. The first-order valence-corrected chi connectivity index (χ1v) is 7.84. The van der Waals surface area contributed by atoms with Gasteiger partial charge >= 0.3 is 0 Å². The van der Waals surface area contributed by atoms with Crippen molar-refractivity contribution in [3.8, 4) is 5.75 Å². The summed E-state index contributed by atoms with van der Waals surface area (Å²) in [6.45, 7) is 4.99. The van der Waals surface area contributed by atoms with Crippen LogP contribution >= 0.6 is 0 Å². The summed E-state index contributed by atoms with van der Waals surface area (Å²) in [5, 5.41) is 3.44. The van der Waals surface area contributed by atoms with E-state index in [0.29, 0.717) is 12.5 Å². The molecule has 0 radical (unpaired) electrons. The molecule has 3 rings (SSSR count). The van der Waals surface area contributed by atoms with Gasteiger partial charge in [0.15, 0.2) is 0 Å². The van der Waals surface area contributed by atoms with E-state index in [-0.39, 0.29) is 0 Å². The van der Waals surface area contributed by atoms with Crippen LogP contribution in [0.3, 0.4) is 0 Å². The molecule has 0 heterocycles. The van der Waals surface area contributed by atoms with E-state index in [2.05, 4.69) is 42.6 Å². The van der Waals surface area contributed by atoms with Crippen LogP contribution in [0.1, 0.15) is 30.4 Å². The monoisotopic (exact) mass is 281 g/mol. The maximum absolute atomic E-state index is 5.91. The molecule has 2 heteroatoms. The number of nitrogens with one attached hydrogen (secondary N) is 1. The maximum Gasteiger partial charge on any atom is 0.120 e. The SMILES string of the molecule is CCNCC1CC1c1cccc(OCc2ccccc2)c1. The molecule has 0 aromatic heterocycles. The minimum absolute atomic E-state index is 0.635. The van der Waals surface area contributed by atoms with Crippen LogP contribution in [0.5, 0.6) is 5.75 Å². The van der Waals surface area contributed by atoms with Crippen molar-refractivity contribution in [2.75, 3.05) is 13.1 Å². The fraction of sp³-hybridized carbons (Fsp3) is 0.368. The van der Waals surface area contributed by atoms with Crippen molar-refractivity contribution >= 4 is 0 Å². The second-order valence-electron chi connectivity index (χ2n) is 5.76. The first-order valence-electron chi connectivity index (χ1n) is 7.84. The van der Waals surface area contributed by atoms with Gasteiger partial charge in [0.25, 0.3) is 0 Å². The molecule has 0 amide bonds. The predicted molar refractivity (Wildman–Crippen MR) is 86.6 cm³/mol. The highest BCUT2D eigenvalue weighted by Gasteiger charge is 2.37. The van der Waals surface area contributed by atoms with Gasteiger partial charge in [-0.05, 0) is 54.6 Å². The number of ether oxygens (including phenoxy) is 1. The molecule has 1 saturated carbocycles. The van der Waals surface area contributed by atoms with Gasteiger partial charge in [0.2, 0.25) is 0 Å². The average molecular weight is 281 g/mol. The zero-order valence-corrected chi connectivity index (χ0v) is 12.6. The average Bonchev–Trinajstić information content (AvgIpc) is 3.32. The zero-order valence-electron chi connectivity index (χ0n) is 12.6. The van der Waals surface area contributed by atoms with Crippen molar-refractivity contribution in [1.29, 1.82) is 0 Å². The second-order valence-corrected chi connectivity index (χ2v) is 5.76. The third-order valence-corrected chi connectivity index (χ3v) is 4.11. The van der Waals surface area contributed by atoms with Crippen LogP contribution in [-0.4, -0.2) is 13.1 Å². The molecule has 2 aromatic carbocycles. The summed E-state index contributed by atoms with van der Waals surface area (Å²) >= 11 is 0. The van der Waals surface area contributed by atoms with Gasteiger partial charge in [-0.2, -0.15) is 0 Å². The number of hydrogen-bond donors (Lipinski definition) is 1. The van der Waals surface area contributed by atoms with Crippen LogP contribution in [0.4, 0.5) is 0 Å². The van der Waals surface area contributed by atoms with Crippen molar-refractivity contribution < 1.29 is 4.74 Å². The van der Waals surface area contributed by atoms with Crippen molar-refractivity contribution in [2.45, 2.75) is 25.9 Å². The lowest BCUT2D eigenvalue weighted by atomic mass is 10.1. The Morgan fingerprint density at radius 2 is 1.95 bits per heavy atom.